The predicted octanol–water partition coefficient (Wildman–Crippen LogP) is 5.45. The average Bonchev–Trinajstić information content (AvgIpc) is 2.14. The topological polar surface area (TPSA) is 0 Å². The van der Waals surface area contributed by atoms with Crippen molar-refractivity contribution in [2.24, 2.45) is 5.41 Å². The van der Waals surface area contributed by atoms with Crippen molar-refractivity contribution < 1.29 is 0 Å². The number of thiocarbonyl (C=S) groups is 1. The number of thioether (sulfide) groups is 1. The summed E-state index contributed by atoms with van der Waals surface area (Å²) in [6.07, 6.45) is 8.24. The monoisotopic (exact) mass is 246 g/mol. The van der Waals surface area contributed by atoms with Gasteiger partial charge in [0.05, 0.1) is 4.20 Å². The van der Waals surface area contributed by atoms with E-state index in [9.17, 15) is 0 Å². The van der Waals surface area contributed by atoms with Crippen LogP contribution in [0.25, 0.3) is 0 Å². The van der Waals surface area contributed by atoms with Crippen molar-refractivity contribution in [2.75, 3.05) is 5.75 Å². The van der Waals surface area contributed by atoms with E-state index in [0.717, 1.165) is 4.20 Å². The molecule has 0 fully saturated rings. The molecule has 0 aromatic heterocycles. The van der Waals surface area contributed by atoms with Crippen molar-refractivity contribution >= 4 is 28.2 Å². The van der Waals surface area contributed by atoms with Gasteiger partial charge >= 0.3 is 0 Å². The Hall–Kier alpha value is 0.440. The largest absolute Gasteiger partial charge is 0.118 e. The Balaban J connectivity index is 3.28. The van der Waals surface area contributed by atoms with E-state index in [1.807, 2.05) is 11.8 Å². The first-order valence-electron chi connectivity index (χ1n) is 6.15. The lowest BCUT2D eigenvalue weighted by Crippen LogP contribution is -2.14. The zero-order chi connectivity index (χ0) is 11.7. The normalized spacial score (nSPS) is 11.7. The second-order valence-corrected chi connectivity index (χ2v) is 6.93. The zero-order valence-electron chi connectivity index (χ0n) is 10.8. The van der Waals surface area contributed by atoms with E-state index >= 15 is 0 Å². The number of unbranched alkanes of at least 4 members (excludes halogenated alkanes) is 5. The summed E-state index contributed by atoms with van der Waals surface area (Å²) in [5.41, 5.74) is 0.197. The summed E-state index contributed by atoms with van der Waals surface area (Å²) in [4.78, 5) is 0. The molecule has 0 bridgehead atoms. The van der Waals surface area contributed by atoms with Crippen LogP contribution in [-0.2, 0) is 0 Å². The van der Waals surface area contributed by atoms with Crippen LogP contribution in [0.2, 0.25) is 0 Å². The zero-order valence-corrected chi connectivity index (χ0v) is 12.4. The second kappa shape index (κ2) is 8.58. The average molecular weight is 246 g/mol. The summed E-state index contributed by atoms with van der Waals surface area (Å²) >= 11 is 7.25. The van der Waals surface area contributed by atoms with E-state index in [1.165, 1.54) is 44.3 Å². The van der Waals surface area contributed by atoms with E-state index in [2.05, 4.69) is 27.7 Å². The summed E-state index contributed by atoms with van der Waals surface area (Å²) in [5.74, 6) is 1.21. The maximum Gasteiger partial charge on any atom is 0.0532 e. The molecule has 0 spiro atoms. The minimum atomic E-state index is 0.197. The molecule has 0 aliphatic rings. The fourth-order valence-corrected chi connectivity index (χ4v) is 2.48. The van der Waals surface area contributed by atoms with Gasteiger partial charge in [0.2, 0.25) is 0 Å². The smallest absolute Gasteiger partial charge is 0.0532 e. The summed E-state index contributed by atoms with van der Waals surface area (Å²) in [6.45, 7) is 8.86. The van der Waals surface area contributed by atoms with Gasteiger partial charge < -0.3 is 0 Å². The van der Waals surface area contributed by atoms with E-state index in [4.69, 9.17) is 12.2 Å². The van der Waals surface area contributed by atoms with Crippen molar-refractivity contribution in [2.45, 2.75) is 66.2 Å². The van der Waals surface area contributed by atoms with Gasteiger partial charge in [0.25, 0.3) is 0 Å². The third-order valence-corrected chi connectivity index (χ3v) is 4.68. The molecule has 0 unspecified atom stereocenters. The Kier molecular flexibility index (Phi) is 8.83. The molecule has 0 aromatic carbocycles. The molecule has 0 radical (unpaired) electrons. The van der Waals surface area contributed by atoms with Gasteiger partial charge in [0.15, 0.2) is 0 Å². The van der Waals surface area contributed by atoms with Crippen molar-refractivity contribution in [3.05, 3.63) is 0 Å². The molecule has 0 nitrogen and oxygen atoms in total. The van der Waals surface area contributed by atoms with Crippen LogP contribution in [0.5, 0.6) is 0 Å². The van der Waals surface area contributed by atoms with Crippen LogP contribution in [0, 0.1) is 5.41 Å². The predicted molar refractivity (Wildman–Crippen MR) is 77.9 cm³/mol. The molecule has 0 amide bonds. The van der Waals surface area contributed by atoms with Crippen molar-refractivity contribution in [3.63, 3.8) is 0 Å². The highest BCUT2D eigenvalue weighted by atomic mass is 32.2. The van der Waals surface area contributed by atoms with E-state index < -0.39 is 0 Å². The molecule has 0 aromatic rings. The molecule has 0 saturated heterocycles. The summed E-state index contributed by atoms with van der Waals surface area (Å²) < 4.78 is 1.16. The highest BCUT2D eigenvalue weighted by Crippen LogP contribution is 2.25. The van der Waals surface area contributed by atoms with Crippen LogP contribution in [-0.4, -0.2) is 9.95 Å². The molecular formula is C13H26S2. The highest BCUT2D eigenvalue weighted by Gasteiger charge is 2.16. The Bertz CT molecular complexity index is 168. The third-order valence-electron chi connectivity index (χ3n) is 2.34. The SMILES string of the molecule is CCCCCCCCSC(=S)C(C)(C)C. The Morgan fingerprint density at radius 3 is 2.07 bits per heavy atom. The maximum absolute atomic E-state index is 5.37. The minimum absolute atomic E-state index is 0.197. The van der Waals surface area contributed by atoms with E-state index in [1.54, 1.807) is 0 Å². The maximum atomic E-state index is 5.37. The second-order valence-electron chi connectivity index (χ2n) is 5.15. The van der Waals surface area contributed by atoms with E-state index in [0.29, 0.717) is 0 Å². The Morgan fingerprint density at radius 2 is 1.53 bits per heavy atom. The molecule has 0 N–H and O–H groups in total. The molecule has 15 heavy (non-hydrogen) atoms. The first kappa shape index (κ1) is 15.4. The summed E-state index contributed by atoms with van der Waals surface area (Å²) in [6, 6.07) is 0. The molecule has 0 saturated carbocycles. The Labute approximate surface area is 106 Å². The molecule has 0 aliphatic heterocycles. The van der Waals surface area contributed by atoms with Gasteiger partial charge in [-0.2, -0.15) is 0 Å². The van der Waals surface area contributed by atoms with Crippen LogP contribution in [0.1, 0.15) is 66.2 Å². The molecule has 90 valence electrons. The van der Waals surface area contributed by atoms with Gasteiger partial charge in [-0.25, -0.2) is 0 Å². The van der Waals surface area contributed by atoms with Crippen LogP contribution in [0.4, 0.5) is 0 Å². The lowest BCUT2D eigenvalue weighted by Gasteiger charge is -2.18. The van der Waals surface area contributed by atoms with Gasteiger partial charge in [-0.3, -0.25) is 0 Å². The Morgan fingerprint density at radius 1 is 1.00 bits per heavy atom. The number of hydrogen-bond acceptors (Lipinski definition) is 2. The van der Waals surface area contributed by atoms with Crippen LogP contribution in [0.3, 0.4) is 0 Å². The fraction of sp³-hybridized carbons (Fsp3) is 0.923. The van der Waals surface area contributed by atoms with Crippen LogP contribution >= 0.6 is 24.0 Å². The van der Waals surface area contributed by atoms with Gasteiger partial charge in [-0.1, -0.05) is 72.0 Å². The van der Waals surface area contributed by atoms with Crippen LogP contribution < -0.4 is 0 Å². The highest BCUT2D eigenvalue weighted by molar-refractivity contribution is 8.23. The molecule has 0 aliphatic carbocycles. The first-order chi connectivity index (χ1) is 6.98. The fourth-order valence-electron chi connectivity index (χ4n) is 1.26. The molecular weight excluding hydrogens is 220 g/mol. The quantitative estimate of drug-likeness (QED) is 0.432. The lowest BCUT2D eigenvalue weighted by molar-refractivity contribution is 0.610. The van der Waals surface area contributed by atoms with Gasteiger partial charge in [0.1, 0.15) is 0 Å². The standard InChI is InChI=1S/C13H26S2/c1-5-6-7-8-9-10-11-15-12(14)13(2,3)4/h5-11H2,1-4H3. The lowest BCUT2D eigenvalue weighted by atomic mass is 10.0. The number of hydrogen-bond donors (Lipinski definition) is 0. The summed E-state index contributed by atoms with van der Waals surface area (Å²) in [5, 5.41) is 0. The van der Waals surface area contributed by atoms with Crippen molar-refractivity contribution in [3.8, 4) is 0 Å². The van der Waals surface area contributed by atoms with Crippen LogP contribution in [0.15, 0.2) is 0 Å². The third kappa shape index (κ3) is 9.37. The van der Waals surface area contributed by atoms with Crippen molar-refractivity contribution in [1.29, 1.82) is 0 Å². The first-order valence-corrected chi connectivity index (χ1v) is 7.55. The number of rotatable bonds is 7. The summed E-state index contributed by atoms with van der Waals surface area (Å²) in [7, 11) is 0. The minimum Gasteiger partial charge on any atom is -0.118 e. The van der Waals surface area contributed by atoms with Crippen molar-refractivity contribution in [1.82, 2.24) is 0 Å². The molecule has 0 heterocycles. The molecule has 2 heteroatoms. The van der Waals surface area contributed by atoms with Gasteiger partial charge in [-0.05, 0) is 12.2 Å². The molecule has 0 atom stereocenters. The van der Waals surface area contributed by atoms with Gasteiger partial charge in [0, 0.05) is 5.41 Å². The molecule has 0 rings (SSSR count). The van der Waals surface area contributed by atoms with E-state index in [-0.39, 0.29) is 5.41 Å². The van der Waals surface area contributed by atoms with Gasteiger partial charge in [-0.15, -0.1) is 11.8 Å².